The predicted molar refractivity (Wildman–Crippen MR) is 80.7 cm³/mol. The van der Waals surface area contributed by atoms with Crippen molar-refractivity contribution < 1.29 is 0 Å². The maximum absolute atomic E-state index is 6.75. The lowest BCUT2D eigenvalue weighted by atomic mass is 9.60. The fourth-order valence-electron chi connectivity index (χ4n) is 1.48. The third-order valence-corrected chi connectivity index (χ3v) is 6.14. The summed E-state index contributed by atoms with van der Waals surface area (Å²) in [5.41, 5.74) is 0.903. The van der Waals surface area contributed by atoms with Crippen molar-refractivity contribution in [2.75, 3.05) is 0 Å². The zero-order valence-corrected chi connectivity index (χ0v) is 14.4. The van der Waals surface area contributed by atoms with Crippen molar-refractivity contribution in [2.45, 2.75) is 81.0 Å². The van der Waals surface area contributed by atoms with Crippen LogP contribution in [0.3, 0.4) is 0 Å². The first-order valence-corrected chi connectivity index (χ1v) is 7.21. The molecule has 0 spiro atoms. The maximum atomic E-state index is 6.75. The zero-order valence-electron chi connectivity index (χ0n) is 13.7. The van der Waals surface area contributed by atoms with E-state index in [1.54, 1.807) is 0 Å². The van der Waals surface area contributed by atoms with Crippen LogP contribution in [0, 0.1) is 21.7 Å². The average Bonchev–Trinajstić information content (AvgIpc) is 1.98. The summed E-state index contributed by atoms with van der Waals surface area (Å²) < 4.78 is 0. The lowest BCUT2D eigenvalue weighted by Crippen LogP contribution is -2.42. The number of alkyl halides is 1. The van der Waals surface area contributed by atoms with Gasteiger partial charge >= 0.3 is 0 Å². The molecule has 0 rings (SSSR count). The SMILES string of the molecule is CC(C)(C)C(C)(C)CC(Cl)C(C)(C)C(C)(C)C. The molecule has 0 aliphatic heterocycles. The third kappa shape index (κ3) is 3.88. The van der Waals surface area contributed by atoms with Gasteiger partial charge in [-0.1, -0.05) is 69.2 Å². The minimum absolute atomic E-state index is 0.136. The van der Waals surface area contributed by atoms with Gasteiger partial charge in [0.25, 0.3) is 0 Å². The molecular formula is C16H33Cl. The van der Waals surface area contributed by atoms with E-state index in [1.807, 2.05) is 0 Å². The fourth-order valence-corrected chi connectivity index (χ4v) is 2.19. The molecule has 0 radical (unpaired) electrons. The molecular weight excluding hydrogens is 228 g/mol. The minimum Gasteiger partial charge on any atom is -0.122 e. The van der Waals surface area contributed by atoms with Gasteiger partial charge in [-0.3, -0.25) is 0 Å². The molecule has 17 heavy (non-hydrogen) atoms. The van der Waals surface area contributed by atoms with E-state index in [0.717, 1.165) is 6.42 Å². The lowest BCUT2D eigenvalue weighted by molar-refractivity contribution is 0.0617. The Bertz CT molecular complexity index is 248. The zero-order chi connectivity index (χ0) is 14.3. The summed E-state index contributed by atoms with van der Waals surface area (Å²) >= 11 is 6.75. The second kappa shape index (κ2) is 4.76. The van der Waals surface area contributed by atoms with E-state index in [0.29, 0.717) is 0 Å². The van der Waals surface area contributed by atoms with Crippen molar-refractivity contribution in [3.63, 3.8) is 0 Å². The Morgan fingerprint density at radius 3 is 1.29 bits per heavy atom. The summed E-state index contributed by atoms with van der Waals surface area (Å²) in [6.45, 7) is 23.0. The topological polar surface area (TPSA) is 0 Å². The number of rotatable bonds is 3. The highest BCUT2D eigenvalue weighted by Gasteiger charge is 2.43. The van der Waals surface area contributed by atoms with Gasteiger partial charge in [0.2, 0.25) is 0 Å². The van der Waals surface area contributed by atoms with Gasteiger partial charge in [0.15, 0.2) is 0 Å². The maximum Gasteiger partial charge on any atom is 0.0397 e. The van der Waals surface area contributed by atoms with Crippen molar-refractivity contribution >= 4 is 11.6 Å². The van der Waals surface area contributed by atoms with Crippen LogP contribution in [-0.4, -0.2) is 5.38 Å². The Balaban J connectivity index is 4.95. The van der Waals surface area contributed by atoms with Crippen molar-refractivity contribution in [3.05, 3.63) is 0 Å². The molecule has 0 bridgehead atoms. The normalized spacial score (nSPS) is 17.1. The summed E-state index contributed by atoms with van der Waals surface area (Å²) in [6, 6.07) is 0. The molecule has 0 fully saturated rings. The van der Waals surface area contributed by atoms with Crippen LogP contribution in [0.2, 0.25) is 0 Å². The summed E-state index contributed by atoms with van der Waals surface area (Å²) in [7, 11) is 0. The minimum atomic E-state index is 0.136. The molecule has 0 saturated heterocycles. The molecule has 1 unspecified atom stereocenters. The van der Waals surface area contributed by atoms with E-state index in [1.165, 1.54) is 0 Å². The van der Waals surface area contributed by atoms with E-state index in [9.17, 15) is 0 Å². The second-order valence-electron chi connectivity index (χ2n) is 8.78. The molecule has 1 atom stereocenters. The molecule has 0 heterocycles. The van der Waals surface area contributed by atoms with Gasteiger partial charge in [-0.2, -0.15) is 0 Å². The van der Waals surface area contributed by atoms with Gasteiger partial charge in [-0.05, 0) is 28.1 Å². The molecule has 104 valence electrons. The van der Waals surface area contributed by atoms with Gasteiger partial charge in [-0.25, -0.2) is 0 Å². The highest BCUT2D eigenvalue weighted by molar-refractivity contribution is 6.21. The quantitative estimate of drug-likeness (QED) is 0.536. The monoisotopic (exact) mass is 260 g/mol. The number of hydrogen-bond acceptors (Lipinski definition) is 0. The van der Waals surface area contributed by atoms with Crippen LogP contribution >= 0.6 is 11.6 Å². The highest BCUT2D eigenvalue weighted by Crippen LogP contribution is 2.50. The standard InChI is InChI=1S/C16H33Cl/c1-13(2,3)15(7,8)11-12(17)16(9,10)14(4,5)6/h12H,11H2,1-10H3. The van der Waals surface area contributed by atoms with Crippen LogP contribution in [0.5, 0.6) is 0 Å². The largest absolute Gasteiger partial charge is 0.122 e. The smallest absolute Gasteiger partial charge is 0.0397 e. The molecule has 0 N–H and O–H groups in total. The first kappa shape index (κ1) is 17.3. The Hall–Kier alpha value is 0.290. The summed E-state index contributed by atoms with van der Waals surface area (Å²) in [6.07, 6.45) is 1.06. The van der Waals surface area contributed by atoms with Crippen molar-refractivity contribution in [3.8, 4) is 0 Å². The van der Waals surface area contributed by atoms with Crippen molar-refractivity contribution in [1.29, 1.82) is 0 Å². The van der Waals surface area contributed by atoms with Gasteiger partial charge in [0.05, 0.1) is 0 Å². The van der Waals surface area contributed by atoms with E-state index < -0.39 is 0 Å². The van der Waals surface area contributed by atoms with Crippen molar-refractivity contribution in [1.82, 2.24) is 0 Å². The molecule has 1 heteroatoms. The fraction of sp³-hybridized carbons (Fsp3) is 1.00. The van der Waals surface area contributed by atoms with Crippen LogP contribution in [0.1, 0.15) is 75.7 Å². The summed E-state index contributed by atoms with van der Waals surface area (Å²) in [5.74, 6) is 0. The lowest BCUT2D eigenvalue weighted by Gasteiger charge is -2.48. The van der Waals surface area contributed by atoms with Crippen LogP contribution in [-0.2, 0) is 0 Å². The highest BCUT2D eigenvalue weighted by atomic mass is 35.5. The van der Waals surface area contributed by atoms with Crippen LogP contribution in [0.25, 0.3) is 0 Å². The average molecular weight is 261 g/mol. The van der Waals surface area contributed by atoms with Gasteiger partial charge in [-0.15, -0.1) is 11.6 Å². The summed E-state index contributed by atoms with van der Waals surface area (Å²) in [4.78, 5) is 0. The first-order valence-electron chi connectivity index (χ1n) is 6.77. The first-order chi connectivity index (χ1) is 7.13. The predicted octanol–water partition coefficient (Wildman–Crippen LogP) is 6.13. The molecule has 0 aromatic heterocycles. The molecule has 0 amide bonds. The Kier molecular flexibility index (Phi) is 4.84. The molecule has 0 nitrogen and oxygen atoms in total. The molecule has 0 aromatic rings. The van der Waals surface area contributed by atoms with Gasteiger partial charge < -0.3 is 0 Å². The number of hydrogen-bond donors (Lipinski definition) is 0. The van der Waals surface area contributed by atoms with Crippen molar-refractivity contribution in [2.24, 2.45) is 21.7 Å². The van der Waals surface area contributed by atoms with Crippen LogP contribution < -0.4 is 0 Å². The molecule has 0 aliphatic rings. The van der Waals surface area contributed by atoms with E-state index in [-0.39, 0.29) is 27.0 Å². The van der Waals surface area contributed by atoms with Crippen LogP contribution in [0.4, 0.5) is 0 Å². The Morgan fingerprint density at radius 1 is 0.706 bits per heavy atom. The van der Waals surface area contributed by atoms with E-state index in [4.69, 9.17) is 11.6 Å². The van der Waals surface area contributed by atoms with Gasteiger partial charge in [0, 0.05) is 5.38 Å². The van der Waals surface area contributed by atoms with E-state index in [2.05, 4.69) is 69.2 Å². The van der Waals surface area contributed by atoms with Crippen LogP contribution in [0.15, 0.2) is 0 Å². The summed E-state index contributed by atoms with van der Waals surface area (Å²) in [5, 5.41) is 0.205. The Labute approximate surface area is 115 Å². The van der Waals surface area contributed by atoms with E-state index >= 15 is 0 Å². The molecule has 0 aromatic carbocycles. The van der Waals surface area contributed by atoms with Gasteiger partial charge in [0.1, 0.15) is 0 Å². The molecule has 0 aliphatic carbocycles. The Morgan fingerprint density at radius 2 is 1.06 bits per heavy atom. The second-order valence-corrected chi connectivity index (χ2v) is 9.30. The third-order valence-electron chi connectivity index (χ3n) is 5.44. The number of halogens is 1. The molecule has 0 saturated carbocycles.